The molecule has 0 spiro atoms. The minimum absolute atomic E-state index is 0.00218. The molecule has 3 rings (SSSR count). The van der Waals surface area contributed by atoms with Crippen molar-refractivity contribution in [3.05, 3.63) is 56.0 Å². The molecule has 112 valence electrons. The Morgan fingerprint density at radius 3 is 2.77 bits per heavy atom. The molecular formula is C15H11ClIN3O2. The lowest BCUT2D eigenvalue weighted by Crippen LogP contribution is -2.06. The molecule has 7 heteroatoms. The maximum Gasteiger partial charge on any atom is 0.354 e. The fraction of sp³-hybridized carbons (Fsp3) is 0.133. The number of aromatic carboxylic acids is 1. The van der Waals surface area contributed by atoms with Crippen molar-refractivity contribution in [1.82, 2.24) is 14.5 Å². The van der Waals surface area contributed by atoms with E-state index in [1.807, 2.05) is 29.7 Å². The van der Waals surface area contributed by atoms with Crippen LogP contribution in [0.15, 0.2) is 30.3 Å². The van der Waals surface area contributed by atoms with Crippen LogP contribution in [0.25, 0.3) is 11.2 Å². The standard InChI is InChI=1S/C15H11ClIN3O2/c1-8-18-12-4-5-13(15(21)22)19-14(12)20(8)7-9-2-3-10(17)6-11(9)16/h2-6H,7H2,1H3,(H,21,22). The Morgan fingerprint density at radius 2 is 2.09 bits per heavy atom. The van der Waals surface area contributed by atoms with Gasteiger partial charge in [0.25, 0.3) is 0 Å². The number of carboxylic acid groups (broad SMARTS) is 1. The van der Waals surface area contributed by atoms with E-state index in [-0.39, 0.29) is 5.69 Å². The number of pyridine rings is 1. The van der Waals surface area contributed by atoms with Crippen LogP contribution in [0, 0.1) is 10.5 Å². The predicted octanol–water partition coefficient (Wildman–Crippen LogP) is 3.74. The van der Waals surface area contributed by atoms with Gasteiger partial charge in [0, 0.05) is 8.59 Å². The van der Waals surface area contributed by atoms with Gasteiger partial charge in [0.2, 0.25) is 0 Å². The molecule has 1 N–H and O–H groups in total. The molecule has 22 heavy (non-hydrogen) atoms. The number of hydrogen-bond donors (Lipinski definition) is 1. The van der Waals surface area contributed by atoms with E-state index >= 15 is 0 Å². The first-order valence-corrected chi connectivity index (χ1v) is 7.92. The van der Waals surface area contributed by atoms with Crippen molar-refractivity contribution in [2.24, 2.45) is 0 Å². The fourth-order valence-electron chi connectivity index (χ4n) is 2.24. The number of aryl methyl sites for hydroxylation is 1. The van der Waals surface area contributed by atoms with Crippen molar-refractivity contribution in [3.63, 3.8) is 0 Å². The second kappa shape index (κ2) is 5.85. The molecule has 0 atom stereocenters. The molecule has 0 fully saturated rings. The van der Waals surface area contributed by atoms with Crippen LogP contribution in [0.5, 0.6) is 0 Å². The Kier molecular flexibility index (Phi) is 4.05. The maximum absolute atomic E-state index is 11.1. The molecule has 0 unspecified atom stereocenters. The molecule has 5 nitrogen and oxygen atoms in total. The summed E-state index contributed by atoms with van der Waals surface area (Å²) >= 11 is 8.48. The van der Waals surface area contributed by atoms with Crippen LogP contribution in [0.3, 0.4) is 0 Å². The number of carbonyl (C=O) groups is 1. The van der Waals surface area contributed by atoms with Crippen molar-refractivity contribution in [1.29, 1.82) is 0 Å². The van der Waals surface area contributed by atoms with Crippen LogP contribution in [-0.2, 0) is 6.54 Å². The monoisotopic (exact) mass is 427 g/mol. The van der Waals surface area contributed by atoms with Crippen LogP contribution in [0.2, 0.25) is 5.02 Å². The number of benzene rings is 1. The molecule has 0 aliphatic heterocycles. The number of nitrogens with zero attached hydrogens (tertiary/aromatic N) is 3. The molecule has 0 aliphatic carbocycles. The SMILES string of the molecule is Cc1nc2ccc(C(=O)O)nc2n1Cc1ccc(I)cc1Cl. The van der Waals surface area contributed by atoms with Gasteiger partial charge in [-0.1, -0.05) is 17.7 Å². The third kappa shape index (κ3) is 2.80. The van der Waals surface area contributed by atoms with Gasteiger partial charge in [0.05, 0.1) is 6.54 Å². The van der Waals surface area contributed by atoms with Crippen molar-refractivity contribution in [3.8, 4) is 0 Å². The summed E-state index contributed by atoms with van der Waals surface area (Å²) < 4.78 is 2.93. The number of carboxylic acids is 1. The lowest BCUT2D eigenvalue weighted by molar-refractivity contribution is 0.0691. The average molecular weight is 428 g/mol. The summed E-state index contributed by atoms with van der Waals surface area (Å²) in [6.07, 6.45) is 0. The Morgan fingerprint density at radius 1 is 1.32 bits per heavy atom. The first-order valence-electron chi connectivity index (χ1n) is 6.47. The number of rotatable bonds is 3. The molecule has 0 radical (unpaired) electrons. The van der Waals surface area contributed by atoms with E-state index in [0.29, 0.717) is 22.7 Å². The molecule has 0 saturated heterocycles. The quantitative estimate of drug-likeness (QED) is 0.647. The number of imidazole rings is 1. The van der Waals surface area contributed by atoms with Gasteiger partial charge in [-0.05, 0) is 59.3 Å². The van der Waals surface area contributed by atoms with Gasteiger partial charge < -0.3 is 9.67 Å². The predicted molar refractivity (Wildman–Crippen MR) is 92.5 cm³/mol. The van der Waals surface area contributed by atoms with Crippen LogP contribution >= 0.6 is 34.2 Å². The minimum atomic E-state index is -1.06. The summed E-state index contributed by atoms with van der Waals surface area (Å²) in [4.78, 5) is 19.7. The summed E-state index contributed by atoms with van der Waals surface area (Å²) in [6, 6.07) is 8.95. The Hall–Kier alpha value is -1.67. The zero-order chi connectivity index (χ0) is 15.9. The van der Waals surface area contributed by atoms with Crippen LogP contribution in [-0.4, -0.2) is 25.6 Å². The average Bonchev–Trinajstić information content (AvgIpc) is 2.77. The third-order valence-electron chi connectivity index (χ3n) is 3.35. The molecular weight excluding hydrogens is 417 g/mol. The molecule has 0 aliphatic rings. The fourth-order valence-corrected chi connectivity index (χ4v) is 3.16. The van der Waals surface area contributed by atoms with E-state index in [9.17, 15) is 4.79 Å². The summed E-state index contributed by atoms with van der Waals surface area (Å²) in [5.74, 6) is -0.292. The molecule has 1 aromatic carbocycles. The van der Waals surface area contributed by atoms with Crippen molar-refractivity contribution >= 4 is 51.3 Å². The first kappa shape index (κ1) is 15.2. The Balaban J connectivity index is 2.11. The summed E-state index contributed by atoms with van der Waals surface area (Å²) in [5, 5.41) is 9.76. The van der Waals surface area contributed by atoms with Gasteiger partial charge in [-0.3, -0.25) is 0 Å². The third-order valence-corrected chi connectivity index (χ3v) is 4.37. The highest BCUT2D eigenvalue weighted by Gasteiger charge is 2.14. The maximum atomic E-state index is 11.1. The number of hydrogen-bond acceptors (Lipinski definition) is 3. The van der Waals surface area contributed by atoms with Crippen molar-refractivity contribution < 1.29 is 9.90 Å². The highest BCUT2D eigenvalue weighted by molar-refractivity contribution is 14.1. The van der Waals surface area contributed by atoms with Gasteiger partial charge in [-0.25, -0.2) is 14.8 Å². The Bertz CT molecular complexity index is 892. The molecule has 2 aromatic heterocycles. The van der Waals surface area contributed by atoms with Gasteiger partial charge >= 0.3 is 5.97 Å². The van der Waals surface area contributed by atoms with Crippen molar-refractivity contribution in [2.75, 3.05) is 0 Å². The second-order valence-corrected chi connectivity index (χ2v) is 6.48. The lowest BCUT2D eigenvalue weighted by atomic mass is 10.2. The summed E-state index contributed by atoms with van der Waals surface area (Å²) in [6.45, 7) is 2.36. The molecule has 2 heterocycles. The molecule has 0 amide bonds. The minimum Gasteiger partial charge on any atom is -0.477 e. The normalized spacial score (nSPS) is 11.0. The molecule has 0 saturated carbocycles. The van der Waals surface area contributed by atoms with Gasteiger partial charge in [-0.15, -0.1) is 0 Å². The van der Waals surface area contributed by atoms with Gasteiger partial charge in [0.15, 0.2) is 11.3 Å². The van der Waals surface area contributed by atoms with E-state index in [2.05, 4.69) is 32.6 Å². The molecule has 0 bridgehead atoms. The largest absolute Gasteiger partial charge is 0.477 e. The smallest absolute Gasteiger partial charge is 0.354 e. The van der Waals surface area contributed by atoms with E-state index in [0.717, 1.165) is 15.0 Å². The number of halogens is 2. The summed E-state index contributed by atoms with van der Waals surface area (Å²) in [5.41, 5.74) is 2.16. The zero-order valence-corrected chi connectivity index (χ0v) is 14.5. The highest BCUT2D eigenvalue weighted by Crippen LogP contribution is 2.23. The molecule has 3 aromatic rings. The topological polar surface area (TPSA) is 68.0 Å². The Labute approximate surface area is 145 Å². The zero-order valence-electron chi connectivity index (χ0n) is 11.5. The van der Waals surface area contributed by atoms with E-state index in [4.69, 9.17) is 16.7 Å². The lowest BCUT2D eigenvalue weighted by Gasteiger charge is -2.09. The van der Waals surface area contributed by atoms with E-state index < -0.39 is 5.97 Å². The van der Waals surface area contributed by atoms with Gasteiger partial charge in [-0.2, -0.15) is 0 Å². The second-order valence-electron chi connectivity index (χ2n) is 4.83. The number of aromatic nitrogens is 3. The summed E-state index contributed by atoms with van der Waals surface area (Å²) in [7, 11) is 0. The van der Waals surface area contributed by atoms with Crippen LogP contribution in [0.1, 0.15) is 21.9 Å². The highest BCUT2D eigenvalue weighted by atomic mass is 127. The first-order chi connectivity index (χ1) is 10.5. The van der Waals surface area contributed by atoms with E-state index in [1.165, 1.54) is 6.07 Å². The van der Waals surface area contributed by atoms with Crippen LogP contribution in [0.4, 0.5) is 0 Å². The number of fused-ring (bicyclic) bond motifs is 1. The van der Waals surface area contributed by atoms with Crippen molar-refractivity contribution in [2.45, 2.75) is 13.5 Å². The van der Waals surface area contributed by atoms with Gasteiger partial charge in [0.1, 0.15) is 11.3 Å². The van der Waals surface area contributed by atoms with E-state index in [1.54, 1.807) is 6.07 Å². The van der Waals surface area contributed by atoms with Crippen LogP contribution < -0.4 is 0 Å².